The molecule has 3 aliphatic rings. The van der Waals surface area contributed by atoms with Gasteiger partial charge in [0, 0.05) is 22.4 Å². The molecule has 0 bridgehead atoms. The number of hydrogen-bond donors (Lipinski definition) is 2. The van der Waals surface area contributed by atoms with Gasteiger partial charge in [-0.3, -0.25) is 5.10 Å². The zero-order valence-corrected chi connectivity index (χ0v) is 11.7. The minimum atomic E-state index is 0.740. The molecule has 2 aromatic carbocycles. The second-order valence-corrected chi connectivity index (χ2v) is 5.37. The molecule has 22 heavy (non-hydrogen) atoms. The first kappa shape index (κ1) is 11.5. The quantitative estimate of drug-likeness (QED) is 0.522. The number of nitrogens with zero attached hydrogens (tertiary/aromatic N) is 2. The third kappa shape index (κ3) is 1.46. The van der Waals surface area contributed by atoms with Crippen LogP contribution in [0.3, 0.4) is 0 Å². The fourth-order valence-electron chi connectivity index (χ4n) is 3.12. The molecule has 2 aromatic rings. The van der Waals surface area contributed by atoms with Gasteiger partial charge in [0.25, 0.3) is 0 Å². The first-order valence-corrected chi connectivity index (χ1v) is 7.21. The van der Waals surface area contributed by atoms with E-state index in [2.05, 4.69) is 51.9 Å². The van der Waals surface area contributed by atoms with Crippen LogP contribution in [0.5, 0.6) is 0 Å². The lowest BCUT2D eigenvalue weighted by molar-refractivity contribution is 0.918. The molecule has 0 amide bonds. The molecule has 0 spiro atoms. The van der Waals surface area contributed by atoms with Crippen LogP contribution in [-0.2, 0) is 0 Å². The Hall–Kier alpha value is -3.14. The van der Waals surface area contributed by atoms with E-state index in [1.807, 2.05) is 24.4 Å². The molecule has 2 N–H and O–H groups in total. The van der Waals surface area contributed by atoms with Gasteiger partial charge >= 0.3 is 0 Å². The van der Waals surface area contributed by atoms with Gasteiger partial charge in [-0.15, -0.1) is 0 Å². The lowest BCUT2D eigenvalue weighted by Crippen LogP contribution is -2.24. The Balaban J connectivity index is 1.96. The van der Waals surface area contributed by atoms with Crippen LogP contribution in [0.4, 0.5) is 0 Å². The Morgan fingerprint density at radius 2 is 1.68 bits per heavy atom. The van der Waals surface area contributed by atoms with Gasteiger partial charge in [0.05, 0.1) is 5.70 Å². The smallest absolute Gasteiger partial charge is 0.170 e. The Morgan fingerprint density at radius 3 is 2.45 bits per heavy atom. The number of aromatic amines is 1. The van der Waals surface area contributed by atoms with Crippen LogP contribution in [0.15, 0.2) is 60.8 Å². The summed E-state index contributed by atoms with van der Waals surface area (Å²) in [5.41, 5.74) is 3.52. The average molecular weight is 284 g/mol. The number of hydrogen-bond acceptors (Lipinski definition) is 3. The van der Waals surface area contributed by atoms with Crippen molar-refractivity contribution >= 4 is 27.2 Å². The van der Waals surface area contributed by atoms with Crippen LogP contribution >= 0.6 is 0 Å². The van der Waals surface area contributed by atoms with E-state index in [4.69, 9.17) is 4.98 Å². The van der Waals surface area contributed by atoms with Crippen LogP contribution < -0.4 is 10.8 Å². The van der Waals surface area contributed by atoms with Crippen LogP contribution in [-0.4, -0.2) is 15.2 Å². The van der Waals surface area contributed by atoms with Gasteiger partial charge in [-0.25, -0.2) is 4.98 Å². The summed E-state index contributed by atoms with van der Waals surface area (Å²) in [4.78, 5) is 4.81. The molecule has 0 aromatic heterocycles. The SMILES string of the molecule is C1=CN/C(=c2/nc3c4cccc5cccc(c-3n[nH]2)c54)C=C1. The highest BCUT2D eigenvalue weighted by Gasteiger charge is 2.19. The molecule has 0 saturated carbocycles. The van der Waals surface area contributed by atoms with Crippen molar-refractivity contribution < 1.29 is 0 Å². The molecule has 5 rings (SSSR count). The monoisotopic (exact) mass is 284 g/mol. The van der Waals surface area contributed by atoms with Crippen molar-refractivity contribution in [1.29, 1.82) is 0 Å². The van der Waals surface area contributed by atoms with Crippen LogP contribution in [0.25, 0.3) is 38.6 Å². The predicted octanol–water partition coefficient (Wildman–Crippen LogP) is 2.72. The molecule has 0 atom stereocenters. The third-order valence-corrected chi connectivity index (χ3v) is 4.10. The summed E-state index contributed by atoms with van der Waals surface area (Å²) in [6.45, 7) is 0. The number of dihydropyridines is 1. The Bertz CT molecular complexity index is 1100. The predicted molar refractivity (Wildman–Crippen MR) is 88.1 cm³/mol. The van der Waals surface area contributed by atoms with Gasteiger partial charge in [-0.1, -0.05) is 42.5 Å². The van der Waals surface area contributed by atoms with Crippen LogP contribution in [0.2, 0.25) is 0 Å². The molecule has 1 aliphatic carbocycles. The fraction of sp³-hybridized carbons (Fsp3) is 0. The van der Waals surface area contributed by atoms with E-state index in [0.29, 0.717) is 0 Å². The van der Waals surface area contributed by atoms with E-state index in [1.165, 1.54) is 10.8 Å². The van der Waals surface area contributed by atoms with E-state index < -0.39 is 0 Å². The second kappa shape index (κ2) is 4.18. The zero-order valence-electron chi connectivity index (χ0n) is 11.7. The maximum absolute atomic E-state index is 4.81. The average Bonchev–Trinajstić information content (AvgIpc) is 2.92. The van der Waals surface area contributed by atoms with E-state index in [-0.39, 0.29) is 0 Å². The molecular weight excluding hydrogens is 272 g/mol. The zero-order chi connectivity index (χ0) is 14.5. The molecule has 0 radical (unpaired) electrons. The highest BCUT2D eigenvalue weighted by Crippen LogP contribution is 2.39. The first-order valence-electron chi connectivity index (χ1n) is 7.21. The Morgan fingerprint density at radius 1 is 0.864 bits per heavy atom. The second-order valence-electron chi connectivity index (χ2n) is 5.37. The van der Waals surface area contributed by atoms with Crippen molar-refractivity contribution in [3.8, 4) is 11.4 Å². The summed E-state index contributed by atoms with van der Waals surface area (Å²) >= 11 is 0. The molecule has 104 valence electrons. The molecule has 4 heteroatoms. The molecule has 2 heterocycles. The number of fused-ring (bicyclic) bond motifs is 3. The van der Waals surface area contributed by atoms with Crippen LogP contribution in [0.1, 0.15) is 0 Å². The van der Waals surface area contributed by atoms with Gasteiger partial charge < -0.3 is 5.32 Å². The molecule has 4 nitrogen and oxygen atoms in total. The lowest BCUT2D eigenvalue weighted by Gasteiger charge is -2.05. The van der Waals surface area contributed by atoms with E-state index in [1.54, 1.807) is 0 Å². The molecule has 0 unspecified atom stereocenters. The number of rotatable bonds is 0. The number of benzene rings is 2. The minimum absolute atomic E-state index is 0.740. The third-order valence-electron chi connectivity index (χ3n) is 4.10. The number of H-pyrrole nitrogens is 1. The summed E-state index contributed by atoms with van der Waals surface area (Å²) in [5.74, 6) is 0. The van der Waals surface area contributed by atoms with Crippen molar-refractivity contribution in [2.75, 3.05) is 0 Å². The van der Waals surface area contributed by atoms with Crippen LogP contribution in [0, 0.1) is 0 Å². The number of allylic oxidation sites excluding steroid dienone is 2. The van der Waals surface area contributed by atoms with Crippen molar-refractivity contribution in [3.05, 3.63) is 66.3 Å². The van der Waals surface area contributed by atoms with Crippen molar-refractivity contribution in [2.45, 2.75) is 0 Å². The maximum Gasteiger partial charge on any atom is 0.170 e. The largest absolute Gasteiger partial charge is 0.359 e. The molecule has 0 saturated heterocycles. The summed E-state index contributed by atoms with van der Waals surface area (Å²) < 4.78 is 0. The first-order chi connectivity index (χ1) is 10.9. The minimum Gasteiger partial charge on any atom is -0.359 e. The van der Waals surface area contributed by atoms with E-state index in [0.717, 1.165) is 33.3 Å². The summed E-state index contributed by atoms with van der Waals surface area (Å²) in [7, 11) is 0. The standard InChI is InChI=1S/C18H12N4/c1-2-10-19-14(9-1)18-20-16-12-7-3-5-11-6-4-8-13(15(11)12)17(16)21-22-18/h1-10,19,22H/b18-14-. The Labute approximate surface area is 126 Å². The highest BCUT2D eigenvalue weighted by atomic mass is 15.2. The molecular formula is C18H12N4. The van der Waals surface area contributed by atoms with Crippen molar-refractivity contribution in [1.82, 2.24) is 20.5 Å². The molecule has 0 fully saturated rings. The van der Waals surface area contributed by atoms with Gasteiger partial charge in [0.1, 0.15) is 11.4 Å². The Kier molecular flexibility index (Phi) is 2.19. The highest BCUT2D eigenvalue weighted by molar-refractivity contribution is 6.21. The summed E-state index contributed by atoms with van der Waals surface area (Å²) in [5, 5.41) is 15.6. The maximum atomic E-state index is 4.81. The lowest BCUT2D eigenvalue weighted by atomic mass is 10.1. The van der Waals surface area contributed by atoms with Gasteiger partial charge in [0.2, 0.25) is 0 Å². The van der Waals surface area contributed by atoms with Crippen molar-refractivity contribution in [2.24, 2.45) is 0 Å². The van der Waals surface area contributed by atoms with E-state index >= 15 is 0 Å². The summed E-state index contributed by atoms with van der Waals surface area (Å²) in [6.07, 6.45) is 7.79. The number of nitrogens with one attached hydrogen (secondary N) is 2. The van der Waals surface area contributed by atoms with Gasteiger partial charge in [-0.05, 0) is 17.5 Å². The van der Waals surface area contributed by atoms with Crippen molar-refractivity contribution in [3.63, 3.8) is 0 Å². The molecule has 2 aliphatic heterocycles. The fourth-order valence-corrected chi connectivity index (χ4v) is 3.12. The van der Waals surface area contributed by atoms with Gasteiger partial charge in [0.15, 0.2) is 5.48 Å². The topological polar surface area (TPSA) is 53.6 Å². The number of aromatic nitrogens is 3. The van der Waals surface area contributed by atoms with Gasteiger partial charge in [-0.2, -0.15) is 5.10 Å². The summed E-state index contributed by atoms with van der Waals surface area (Å²) in [6, 6.07) is 12.6. The normalized spacial score (nSPS) is 16.7. The van der Waals surface area contributed by atoms with E-state index in [9.17, 15) is 0 Å².